The van der Waals surface area contributed by atoms with Crippen molar-refractivity contribution in [2.45, 2.75) is 25.7 Å². The van der Waals surface area contributed by atoms with E-state index in [0.29, 0.717) is 11.1 Å². The smallest absolute Gasteiger partial charge is 0.168 e. The molecule has 0 radical (unpaired) electrons. The molecule has 0 aromatic heterocycles. The van der Waals surface area contributed by atoms with Crippen LogP contribution in [0.4, 0.5) is 0 Å². The highest BCUT2D eigenvalue weighted by molar-refractivity contribution is 5.85. The predicted molar refractivity (Wildman–Crippen MR) is 72.8 cm³/mol. The van der Waals surface area contributed by atoms with Gasteiger partial charge in [0.15, 0.2) is 5.72 Å². The van der Waals surface area contributed by atoms with Gasteiger partial charge in [0.25, 0.3) is 0 Å². The number of aliphatic hydroxyl groups excluding tert-OH is 1. The Labute approximate surface area is 114 Å². The van der Waals surface area contributed by atoms with Crippen molar-refractivity contribution in [2.75, 3.05) is 7.11 Å². The van der Waals surface area contributed by atoms with E-state index in [2.05, 4.69) is 0 Å². The predicted octanol–water partition coefficient (Wildman–Crippen LogP) is 1.70. The summed E-state index contributed by atoms with van der Waals surface area (Å²) in [7, 11) is 1.44. The molecule has 102 valence electrons. The number of hydrogen-bond donors (Lipinski definition) is 2. The molecule has 1 aromatic carbocycles. The molecule has 0 fully saturated rings. The Balaban J connectivity index is 0.00000289. The lowest BCUT2D eigenvalue weighted by Gasteiger charge is -2.35. The van der Waals surface area contributed by atoms with E-state index in [9.17, 15) is 9.90 Å². The molecule has 0 unspecified atom stereocenters. The second-order valence-electron chi connectivity index (χ2n) is 4.43. The van der Waals surface area contributed by atoms with E-state index in [0.717, 1.165) is 6.29 Å². The zero-order valence-corrected chi connectivity index (χ0v) is 11.6. The molecule has 0 heterocycles. The third-order valence-electron chi connectivity index (χ3n) is 2.88. The standard InChI is InChI=1S/C13H19NO3.ClH/c1-9(2)12(16)13(14,17-3)11-6-4-5-10(7-11)8-15;/h4-9,12,16H,14H2,1-3H3;1H/t12-,13-;/m1./s1. The second kappa shape index (κ2) is 6.85. The third kappa shape index (κ3) is 3.29. The lowest BCUT2D eigenvalue weighted by molar-refractivity contribution is -0.122. The molecule has 0 aliphatic rings. The molecule has 0 aliphatic carbocycles. The SMILES string of the molecule is CO[C@](N)(c1cccc(C=O)c1)[C@H](O)C(C)C.Cl. The van der Waals surface area contributed by atoms with E-state index in [1.165, 1.54) is 7.11 Å². The summed E-state index contributed by atoms with van der Waals surface area (Å²) in [5.74, 6) is -0.0557. The van der Waals surface area contributed by atoms with Gasteiger partial charge >= 0.3 is 0 Å². The Kier molecular flexibility index (Phi) is 6.49. The molecular weight excluding hydrogens is 254 g/mol. The molecule has 0 aliphatic heterocycles. The van der Waals surface area contributed by atoms with E-state index < -0.39 is 11.8 Å². The summed E-state index contributed by atoms with van der Waals surface area (Å²) in [4.78, 5) is 10.7. The number of rotatable bonds is 5. The van der Waals surface area contributed by atoms with Crippen molar-refractivity contribution >= 4 is 18.7 Å². The lowest BCUT2D eigenvalue weighted by Crippen LogP contribution is -2.51. The summed E-state index contributed by atoms with van der Waals surface area (Å²) in [6, 6.07) is 6.76. The molecule has 1 aromatic rings. The molecule has 3 N–H and O–H groups in total. The molecule has 0 saturated heterocycles. The van der Waals surface area contributed by atoms with Crippen LogP contribution < -0.4 is 5.73 Å². The number of nitrogens with two attached hydrogens (primary N) is 1. The van der Waals surface area contributed by atoms with Gasteiger partial charge in [0.2, 0.25) is 0 Å². The number of aldehydes is 1. The fourth-order valence-corrected chi connectivity index (χ4v) is 1.76. The Bertz CT molecular complexity index is 398. The molecule has 18 heavy (non-hydrogen) atoms. The van der Waals surface area contributed by atoms with Crippen molar-refractivity contribution < 1.29 is 14.6 Å². The van der Waals surface area contributed by atoms with E-state index in [-0.39, 0.29) is 18.3 Å². The Morgan fingerprint density at radius 2 is 2.06 bits per heavy atom. The molecule has 0 amide bonds. The van der Waals surface area contributed by atoms with Crippen LogP contribution in [0.3, 0.4) is 0 Å². The van der Waals surface area contributed by atoms with E-state index in [4.69, 9.17) is 10.5 Å². The van der Waals surface area contributed by atoms with Crippen molar-refractivity contribution in [3.05, 3.63) is 35.4 Å². The van der Waals surface area contributed by atoms with Crippen molar-refractivity contribution in [3.8, 4) is 0 Å². The van der Waals surface area contributed by atoms with Gasteiger partial charge in [0.1, 0.15) is 12.4 Å². The Morgan fingerprint density at radius 1 is 1.44 bits per heavy atom. The quantitative estimate of drug-likeness (QED) is 0.633. The monoisotopic (exact) mass is 273 g/mol. The van der Waals surface area contributed by atoms with Gasteiger partial charge < -0.3 is 9.84 Å². The van der Waals surface area contributed by atoms with Gasteiger partial charge in [-0.05, 0) is 12.0 Å². The molecule has 5 heteroatoms. The maximum atomic E-state index is 10.7. The molecule has 0 spiro atoms. The van der Waals surface area contributed by atoms with Crippen LogP contribution in [0, 0.1) is 5.92 Å². The first-order valence-corrected chi connectivity index (χ1v) is 5.53. The van der Waals surface area contributed by atoms with E-state index in [1.54, 1.807) is 24.3 Å². The number of carbonyl (C=O) groups is 1. The lowest BCUT2D eigenvalue weighted by atomic mass is 9.89. The zero-order chi connectivity index (χ0) is 13.1. The molecular formula is C13H20ClNO3. The maximum Gasteiger partial charge on any atom is 0.168 e. The van der Waals surface area contributed by atoms with Crippen LogP contribution in [0.5, 0.6) is 0 Å². The number of hydrogen-bond acceptors (Lipinski definition) is 4. The van der Waals surface area contributed by atoms with Crippen molar-refractivity contribution in [2.24, 2.45) is 11.7 Å². The minimum Gasteiger partial charge on any atom is -0.388 e. The van der Waals surface area contributed by atoms with Gasteiger partial charge in [0, 0.05) is 18.2 Å². The van der Waals surface area contributed by atoms with E-state index >= 15 is 0 Å². The average Bonchev–Trinajstić information content (AvgIpc) is 2.36. The zero-order valence-electron chi connectivity index (χ0n) is 10.8. The second-order valence-corrected chi connectivity index (χ2v) is 4.43. The molecule has 1 rings (SSSR count). The number of methoxy groups -OCH3 is 1. The molecule has 0 saturated carbocycles. The molecule has 0 bridgehead atoms. The highest BCUT2D eigenvalue weighted by atomic mass is 35.5. The highest BCUT2D eigenvalue weighted by Gasteiger charge is 2.37. The van der Waals surface area contributed by atoms with Crippen LogP contribution in [-0.2, 0) is 10.5 Å². The van der Waals surface area contributed by atoms with Gasteiger partial charge in [-0.15, -0.1) is 12.4 Å². The maximum absolute atomic E-state index is 10.7. The van der Waals surface area contributed by atoms with Gasteiger partial charge in [-0.25, -0.2) is 0 Å². The Hall–Kier alpha value is -0.940. The van der Waals surface area contributed by atoms with Gasteiger partial charge in [-0.2, -0.15) is 0 Å². The van der Waals surface area contributed by atoms with Crippen molar-refractivity contribution in [1.82, 2.24) is 0 Å². The van der Waals surface area contributed by atoms with Crippen molar-refractivity contribution in [3.63, 3.8) is 0 Å². The van der Waals surface area contributed by atoms with Crippen LogP contribution in [0.25, 0.3) is 0 Å². The summed E-state index contributed by atoms with van der Waals surface area (Å²) in [5.41, 5.74) is 5.89. The minimum atomic E-state index is -1.30. The Morgan fingerprint density at radius 3 is 2.50 bits per heavy atom. The summed E-state index contributed by atoms with van der Waals surface area (Å²) in [6.45, 7) is 3.71. The number of halogens is 1. The van der Waals surface area contributed by atoms with Crippen LogP contribution in [0.15, 0.2) is 24.3 Å². The van der Waals surface area contributed by atoms with E-state index in [1.807, 2.05) is 13.8 Å². The average molecular weight is 274 g/mol. The fourth-order valence-electron chi connectivity index (χ4n) is 1.76. The highest BCUT2D eigenvalue weighted by Crippen LogP contribution is 2.27. The normalized spacial score (nSPS) is 15.7. The number of benzene rings is 1. The molecule has 4 nitrogen and oxygen atoms in total. The van der Waals surface area contributed by atoms with Gasteiger partial charge in [0.05, 0.1) is 0 Å². The first-order valence-electron chi connectivity index (χ1n) is 5.53. The van der Waals surface area contributed by atoms with Crippen LogP contribution in [0.2, 0.25) is 0 Å². The summed E-state index contributed by atoms with van der Waals surface area (Å²) in [6.07, 6.45) is -0.115. The van der Waals surface area contributed by atoms with Crippen LogP contribution in [0.1, 0.15) is 29.8 Å². The van der Waals surface area contributed by atoms with Gasteiger partial charge in [-0.1, -0.05) is 32.0 Å². The third-order valence-corrected chi connectivity index (χ3v) is 2.88. The first kappa shape index (κ1) is 17.1. The topological polar surface area (TPSA) is 72.5 Å². The number of aliphatic hydroxyl groups is 1. The van der Waals surface area contributed by atoms with Crippen LogP contribution >= 0.6 is 12.4 Å². The molecule has 2 atom stereocenters. The summed E-state index contributed by atoms with van der Waals surface area (Å²) < 4.78 is 5.26. The van der Waals surface area contributed by atoms with Crippen molar-refractivity contribution in [1.29, 1.82) is 0 Å². The number of ether oxygens (including phenoxy) is 1. The summed E-state index contributed by atoms with van der Waals surface area (Å²) in [5, 5.41) is 10.1. The van der Waals surface area contributed by atoms with Crippen LogP contribution in [-0.4, -0.2) is 24.6 Å². The minimum absolute atomic E-state index is 0. The number of carbonyl (C=O) groups excluding carboxylic acids is 1. The summed E-state index contributed by atoms with van der Waals surface area (Å²) >= 11 is 0. The largest absolute Gasteiger partial charge is 0.388 e. The van der Waals surface area contributed by atoms with Gasteiger partial charge in [-0.3, -0.25) is 10.5 Å². The fraction of sp³-hybridized carbons (Fsp3) is 0.462. The first-order chi connectivity index (χ1) is 7.95.